The van der Waals surface area contributed by atoms with Gasteiger partial charge in [-0.3, -0.25) is 14.5 Å². The molecule has 2 aliphatic carbocycles. The van der Waals surface area contributed by atoms with E-state index in [1.54, 1.807) is 0 Å². The summed E-state index contributed by atoms with van der Waals surface area (Å²) in [5.41, 5.74) is 5.54. The van der Waals surface area contributed by atoms with Crippen molar-refractivity contribution >= 4 is 29.0 Å². The maximum atomic E-state index is 12.2. The summed E-state index contributed by atoms with van der Waals surface area (Å²) < 4.78 is 0. The van der Waals surface area contributed by atoms with Crippen LogP contribution in [0.4, 0.5) is 0 Å². The minimum atomic E-state index is -0.325. The number of nitrogens with zero attached hydrogens (tertiary/aromatic N) is 1. The maximum Gasteiger partial charge on any atom is 0.234 e. The summed E-state index contributed by atoms with van der Waals surface area (Å²) in [7, 11) is 0. The van der Waals surface area contributed by atoms with E-state index in [1.165, 1.54) is 4.90 Å². The summed E-state index contributed by atoms with van der Waals surface area (Å²) in [6, 6.07) is -0.325. The highest BCUT2D eigenvalue weighted by molar-refractivity contribution is 7.80. The van der Waals surface area contributed by atoms with Crippen LogP contribution in [0.25, 0.3) is 0 Å². The fraction of sp³-hybridized carbons (Fsp3) is 0.750. The van der Waals surface area contributed by atoms with Crippen LogP contribution in [-0.2, 0) is 9.59 Å². The van der Waals surface area contributed by atoms with Gasteiger partial charge in [0.15, 0.2) is 0 Å². The largest absolute Gasteiger partial charge is 0.392 e. The van der Waals surface area contributed by atoms with Gasteiger partial charge in [-0.25, -0.2) is 0 Å². The van der Waals surface area contributed by atoms with Gasteiger partial charge in [0.1, 0.15) is 0 Å². The molecule has 1 aliphatic heterocycles. The number of thiocarbonyl (C=S) groups is 1. The highest BCUT2D eigenvalue weighted by atomic mass is 32.1. The lowest BCUT2D eigenvalue weighted by Crippen LogP contribution is -2.50. The van der Waals surface area contributed by atoms with Crippen molar-refractivity contribution in [1.82, 2.24) is 4.90 Å². The van der Waals surface area contributed by atoms with E-state index in [0.717, 1.165) is 12.8 Å². The summed E-state index contributed by atoms with van der Waals surface area (Å²) in [5.74, 6) is -0.0818. The molecule has 0 bridgehead atoms. The van der Waals surface area contributed by atoms with Crippen LogP contribution in [-0.4, -0.2) is 27.7 Å². The minimum Gasteiger partial charge on any atom is -0.392 e. The lowest BCUT2D eigenvalue weighted by Gasteiger charge is -2.28. The van der Waals surface area contributed by atoms with E-state index >= 15 is 0 Å². The van der Waals surface area contributed by atoms with E-state index in [-0.39, 0.29) is 40.1 Å². The van der Waals surface area contributed by atoms with Crippen molar-refractivity contribution in [1.29, 1.82) is 0 Å². The summed E-state index contributed by atoms with van der Waals surface area (Å²) in [4.78, 5) is 26.1. The Kier molecular flexibility index (Phi) is 2.01. The second kappa shape index (κ2) is 3.07. The predicted molar refractivity (Wildman–Crippen MR) is 65.9 cm³/mol. The van der Waals surface area contributed by atoms with E-state index in [1.807, 2.05) is 13.8 Å². The van der Waals surface area contributed by atoms with E-state index in [0.29, 0.717) is 5.92 Å². The summed E-state index contributed by atoms with van der Waals surface area (Å²) in [5, 5.41) is 0. The fourth-order valence-corrected chi connectivity index (χ4v) is 3.52. The average Bonchev–Trinajstić information content (AvgIpc) is 3.06. The van der Waals surface area contributed by atoms with Gasteiger partial charge in [0, 0.05) is 0 Å². The molecule has 5 heteroatoms. The third kappa shape index (κ3) is 1.32. The quantitative estimate of drug-likeness (QED) is 0.593. The molecule has 2 amide bonds. The van der Waals surface area contributed by atoms with Gasteiger partial charge in [-0.15, -0.1) is 0 Å². The molecular formula is C12H16N2O2S. The zero-order chi connectivity index (χ0) is 12.5. The molecule has 3 unspecified atom stereocenters. The van der Waals surface area contributed by atoms with Crippen LogP contribution in [0.2, 0.25) is 0 Å². The number of hydrogen-bond acceptors (Lipinski definition) is 3. The van der Waals surface area contributed by atoms with Gasteiger partial charge in [0.05, 0.1) is 22.9 Å². The highest BCUT2D eigenvalue weighted by Gasteiger charge is 2.73. The van der Waals surface area contributed by atoms with Crippen LogP contribution < -0.4 is 5.73 Å². The van der Waals surface area contributed by atoms with Crippen LogP contribution in [0.1, 0.15) is 26.7 Å². The Morgan fingerprint density at radius 3 is 2.18 bits per heavy atom. The predicted octanol–water partition coefficient (Wildman–Crippen LogP) is 0.692. The molecule has 1 saturated heterocycles. The smallest absolute Gasteiger partial charge is 0.234 e. The molecule has 2 N–H and O–H groups in total. The standard InChI is InChI=1S/C12H16N2O2S/c1-12(2)6-7(12)11(16)14(10(6)15)8(9(13)17)5-3-4-5/h5-8H,3-4H2,1-2H3,(H2,13,17). The SMILES string of the molecule is CC1(C)C2C(=O)N(C(C(N)=S)C3CC3)C(=O)C21. The molecule has 3 rings (SSSR count). The molecule has 3 aliphatic rings. The Balaban J connectivity index is 1.89. The molecular weight excluding hydrogens is 236 g/mol. The zero-order valence-electron chi connectivity index (χ0n) is 9.97. The number of fused-ring (bicyclic) bond motifs is 1. The van der Waals surface area contributed by atoms with Gasteiger partial charge in [0.25, 0.3) is 0 Å². The molecule has 4 nitrogen and oxygen atoms in total. The number of piperidine rings is 1. The molecule has 17 heavy (non-hydrogen) atoms. The fourth-order valence-electron chi connectivity index (χ4n) is 3.22. The summed E-state index contributed by atoms with van der Waals surface area (Å²) in [6.07, 6.45) is 2.02. The lowest BCUT2D eigenvalue weighted by atomic mass is 10.0. The van der Waals surface area contributed by atoms with Crippen LogP contribution in [0.5, 0.6) is 0 Å². The van der Waals surface area contributed by atoms with Crippen molar-refractivity contribution in [2.45, 2.75) is 32.7 Å². The van der Waals surface area contributed by atoms with E-state index in [9.17, 15) is 9.59 Å². The van der Waals surface area contributed by atoms with Crippen molar-refractivity contribution in [3.05, 3.63) is 0 Å². The third-order valence-corrected chi connectivity index (χ3v) is 4.71. The van der Waals surface area contributed by atoms with E-state index < -0.39 is 0 Å². The van der Waals surface area contributed by atoms with Gasteiger partial charge in [-0.05, 0) is 24.2 Å². The van der Waals surface area contributed by atoms with Crippen molar-refractivity contribution in [3.63, 3.8) is 0 Å². The van der Waals surface area contributed by atoms with Crippen LogP contribution in [0.15, 0.2) is 0 Å². The Bertz CT molecular complexity index is 418. The van der Waals surface area contributed by atoms with Gasteiger partial charge in [-0.2, -0.15) is 0 Å². The number of amides is 2. The minimum absolute atomic E-state index is 0.0605. The second-order valence-corrected chi connectivity index (χ2v) is 6.48. The normalized spacial score (nSPS) is 35.8. The molecule has 2 saturated carbocycles. The maximum absolute atomic E-state index is 12.2. The Hall–Kier alpha value is -0.970. The Labute approximate surface area is 106 Å². The summed E-state index contributed by atoms with van der Waals surface area (Å²) >= 11 is 5.02. The van der Waals surface area contributed by atoms with Gasteiger partial charge < -0.3 is 5.73 Å². The highest BCUT2D eigenvalue weighted by Crippen LogP contribution is 2.64. The third-order valence-electron chi connectivity index (χ3n) is 4.47. The second-order valence-electron chi connectivity index (χ2n) is 6.01. The number of nitrogens with two attached hydrogens (primary N) is 1. The first kappa shape index (κ1) is 11.1. The van der Waals surface area contributed by atoms with Crippen molar-refractivity contribution in [2.75, 3.05) is 0 Å². The monoisotopic (exact) mass is 252 g/mol. The first-order valence-corrected chi connectivity index (χ1v) is 6.44. The molecule has 3 atom stereocenters. The van der Waals surface area contributed by atoms with Gasteiger partial charge in [-0.1, -0.05) is 26.1 Å². The summed E-state index contributed by atoms with van der Waals surface area (Å²) in [6.45, 7) is 3.95. The molecule has 0 spiro atoms. The number of imide groups is 1. The Morgan fingerprint density at radius 1 is 1.35 bits per heavy atom. The number of carbonyl (C=O) groups is 2. The van der Waals surface area contributed by atoms with Crippen molar-refractivity contribution in [2.24, 2.45) is 28.9 Å². The molecule has 3 fully saturated rings. The molecule has 0 aromatic heterocycles. The molecule has 92 valence electrons. The average molecular weight is 252 g/mol. The Morgan fingerprint density at radius 2 is 1.82 bits per heavy atom. The van der Waals surface area contributed by atoms with E-state index in [2.05, 4.69) is 0 Å². The number of rotatable bonds is 3. The van der Waals surface area contributed by atoms with E-state index in [4.69, 9.17) is 18.0 Å². The number of hydrogen-bond donors (Lipinski definition) is 1. The topological polar surface area (TPSA) is 63.4 Å². The first-order chi connectivity index (χ1) is 7.87. The number of likely N-dealkylation sites (tertiary alicyclic amines) is 1. The van der Waals surface area contributed by atoms with Gasteiger partial charge in [0.2, 0.25) is 11.8 Å². The molecule has 0 aromatic carbocycles. The molecule has 0 radical (unpaired) electrons. The zero-order valence-corrected chi connectivity index (χ0v) is 10.8. The van der Waals surface area contributed by atoms with Crippen molar-refractivity contribution in [3.8, 4) is 0 Å². The van der Waals surface area contributed by atoms with Gasteiger partial charge >= 0.3 is 0 Å². The molecule has 0 aromatic rings. The first-order valence-electron chi connectivity index (χ1n) is 6.03. The van der Waals surface area contributed by atoms with Crippen LogP contribution >= 0.6 is 12.2 Å². The van der Waals surface area contributed by atoms with Crippen molar-refractivity contribution < 1.29 is 9.59 Å². The lowest BCUT2D eigenvalue weighted by molar-refractivity contribution is -0.144. The van der Waals surface area contributed by atoms with Crippen LogP contribution in [0.3, 0.4) is 0 Å². The molecule has 1 heterocycles. The number of carbonyl (C=O) groups excluding carboxylic acids is 2. The van der Waals surface area contributed by atoms with Crippen LogP contribution in [0, 0.1) is 23.2 Å².